The van der Waals surface area contributed by atoms with Crippen LogP contribution in [0.5, 0.6) is 0 Å². The first kappa shape index (κ1) is 37.1. The number of esters is 3. The number of carbonyl (C=O) groups is 3. The number of sulfonamides is 1. The average Bonchev–Trinajstić information content (AvgIpc) is 3.38. The lowest BCUT2D eigenvalue weighted by Gasteiger charge is -2.59. The summed E-state index contributed by atoms with van der Waals surface area (Å²) in [4.78, 5) is 39.3. The van der Waals surface area contributed by atoms with Crippen LogP contribution in [0.2, 0.25) is 0 Å². The first-order chi connectivity index (χ1) is 23.1. The molecule has 0 heterocycles. The molecule has 3 saturated carbocycles. The average molecular weight is 699 g/mol. The Morgan fingerprint density at radius 2 is 1.67 bits per heavy atom. The first-order valence-electron chi connectivity index (χ1n) is 18.0. The van der Waals surface area contributed by atoms with Crippen molar-refractivity contribution in [3.63, 3.8) is 0 Å². The normalized spacial score (nSPS) is 33.7. The van der Waals surface area contributed by atoms with Crippen molar-refractivity contribution in [3.8, 4) is 0 Å². The van der Waals surface area contributed by atoms with E-state index in [1.807, 2.05) is 19.9 Å². The third-order valence-corrected chi connectivity index (χ3v) is 13.6. The molecule has 0 amide bonds. The van der Waals surface area contributed by atoms with Gasteiger partial charge in [0.05, 0.1) is 17.2 Å². The number of allylic oxidation sites excluding steroid dienone is 1. The van der Waals surface area contributed by atoms with Gasteiger partial charge in [-0.15, -0.1) is 0 Å². The van der Waals surface area contributed by atoms with E-state index < -0.39 is 34.2 Å². The van der Waals surface area contributed by atoms with E-state index in [4.69, 9.17) is 19.3 Å². The number of aryl methyl sites for hydroxylation is 1. The van der Waals surface area contributed by atoms with E-state index in [9.17, 15) is 22.8 Å². The lowest BCUT2D eigenvalue weighted by atomic mass is 9.46. The predicted molar refractivity (Wildman–Crippen MR) is 186 cm³/mol. The molecule has 0 unspecified atom stereocenters. The Morgan fingerprint density at radius 1 is 0.980 bits per heavy atom. The lowest BCUT2D eigenvalue weighted by Crippen LogP contribution is -2.57. The van der Waals surface area contributed by atoms with Crippen molar-refractivity contribution in [3.05, 3.63) is 41.5 Å². The summed E-state index contributed by atoms with van der Waals surface area (Å²) in [7, 11) is -3.96. The van der Waals surface area contributed by atoms with Crippen molar-refractivity contribution in [2.75, 3.05) is 6.61 Å². The molecular formula is C38H54N2O8S. The van der Waals surface area contributed by atoms with Crippen LogP contribution in [0.3, 0.4) is 0 Å². The maximum Gasteiger partial charge on any atom is 0.305 e. The topological polar surface area (TPSA) is 137 Å². The van der Waals surface area contributed by atoms with Crippen molar-refractivity contribution >= 4 is 33.6 Å². The minimum absolute atomic E-state index is 0.00699. The van der Waals surface area contributed by atoms with E-state index in [1.54, 1.807) is 24.3 Å². The second-order valence-corrected chi connectivity index (χ2v) is 17.0. The molecule has 4 aliphatic rings. The van der Waals surface area contributed by atoms with Crippen LogP contribution < -0.4 is 4.83 Å². The minimum Gasteiger partial charge on any atom is -0.466 e. The molecule has 0 spiro atoms. The number of fused-ring (bicyclic) bond motifs is 5. The third-order valence-electron chi connectivity index (χ3n) is 12.3. The molecule has 1 aromatic carbocycles. The van der Waals surface area contributed by atoms with Crippen LogP contribution >= 0.6 is 0 Å². The maximum absolute atomic E-state index is 13.5. The van der Waals surface area contributed by atoms with Crippen LogP contribution in [-0.2, 0) is 38.6 Å². The van der Waals surface area contributed by atoms with Crippen LogP contribution in [0, 0.1) is 47.3 Å². The summed E-state index contributed by atoms with van der Waals surface area (Å²) < 4.78 is 43.8. The van der Waals surface area contributed by atoms with Crippen molar-refractivity contribution in [2.24, 2.45) is 45.5 Å². The first-order valence-corrected chi connectivity index (χ1v) is 19.5. The lowest BCUT2D eigenvalue weighted by molar-refractivity contribution is -0.168. The molecule has 4 aliphatic carbocycles. The van der Waals surface area contributed by atoms with Gasteiger partial charge in [0.2, 0.25) is 0 Å². The highest BCUT2D eigenvalue weighted by Gasteiger charge is 2.62. The van der Waals surface area contributed by atoms with Gasteiger partial charge in [-0.25, -0.2) is 0 Å². The summed E-state index contributed by atoms with van der Waals surface area (Å²) in [5.74, 6) is 0.182. The van der Waals surface area contributed by atoms with Crippen molar-refractivity contribution in [2.45, 2.75) is 123 Å². The fourth-order valence-electron chi connectivity index (χ4n) is 10.1. The fraction of sp³-hybridized carbons (Fsp3) is 0.684. The van der Waals surface area contributed by atoms with Gasteiger partial charge in [0.1, 0.15) is 6.10 Å². The number of carbonyl (C=O) groups excluding carboxylic acids is 3. The van der Waals surface area contributed by atoms with Crippen LogP contribution in [0.1, 0.15) is 105 Å². The van der Waals surface area contributed by atoms with Gasteiger partial charge >= 0.3 is 17.9 Å². The summed E-state index contributed by atoms with van der Waals surface area (Å²) in [5.41, 5.74) is 2.07. The third kappa shape index (κ3) is 7.47. The number of hydrazone groups is 1. The number of hydrogen-bond acceptors (Lipinski definition) is 9. The number of nitrogens with one attached hydrogen (secondary N) is 1. The van der Waals surface area contributed by atoms with Crippen LogP contribution in [0.15, 0.2) is 45.9 Å². The molecule has 0 aromatic heterocycles. The standard InChI is InChI=1S/C38H54N2O8S/c1-8-46-34(43)11-9-10-24(3)28-16-17-29-35-30(18-20-37(28,29)6)38(7)21-19-33(47-25(4)41)36(48-26(5)42)31(38)22-32(35)39-40-49(44,45)27-14-12-23(2)13-15-27/h12-15,22,24,28-30,33,35-36,40H,8-11,16-21H2,1-7H3/b39-32-/t24-,28-,29+,30+,33+,35+,36-,37-,38-/m1/s1. The molecule has 0 saturated heterocycles. The van der Waals surface area contributed by atoms with Crippen molar-refractivity contribution in [1.29, 1.82) is 0 Å². The number of hydrogen-bond donors (Lipinski definition) is 1. The molecule has 1 N–H and O–H groups in total. The van der Waals surface area contributed by atoms with Gasteiger partial charge in [0.15, 0.2) is 6.10 Å². The smallest absolute Gasteiger partial charge is 0.305 e. The summed E-state index contributed by atoms with van der Waals surface area (Å²) in [5, 5.41) is 4.71. The Labute approximate surface area is 291 Å². The highest BCUT2D eigenvalue weighted by molar-refractivity contribution is 7.89. The number of ether oxygens (including phenoxy) is 3. The molecule has 49 heavy (non-hydrogen) atoms. The zero-order valence-corrected chi connectivity index (χ0v) is 30.9. The summed E-state index contributed by atoms with van der Waals surface area (Å²) in [6, 6.07) is 6.65. The molecule has 0 radical (unpaired) electrons. The zero-order chi connectivity index (χ0) is 35.7. The highest BCUT2D eigenvalue weighted by Crippen LogP contribution is 2.67. The largest absolute Gasteiger partial charge is 0.466 e. The maximum atomic E-state index is 13.5. The Bertz CT molecular complexity index is 1590. The van der Waals surface area contributed by atoms with Gasteiger partial charge in [0, 0.05) is 26.2 Å². The van der Waals surface area contributed by atoms with Crippen LogP contribution in [0.25, 0.3) is 0 Å². The summed E-state index contributed by atoms with van der Waals surface area (Å²) in [6.45, 7) is 13.8. The molecular weight excluding hydrogens is 644 g/mol. The quantitative estimate of drug-likeness (QED) is 0.154. The van der Waals surface area contributed by atoms with Gasteiger partial charge in [-0.2, -0.15) is 18.4 Å². The van der Waals surface area contributed by atoms with E-state index in [2.05, 4.69) is 25.6 Å². The van der Waals surface area contributed by atoms with Gasteiger partial charge in [-0.1, -0.05) is 38.5 Å². The zero-order valence-electron chi connectivity index (χ0n) is 30.1. The number of benzene rings is 1. The van der Waals surface area contributed by atoms with E-state index in [0.29, 0.717) is 37.0 Å². The summed E-state index contributed by atoms with van der Waals surface area (Å²) >= 11 is 0. The molecule has 10 nitrogen and oxygen atoms in total. The molecule has 11 heteroatoms. The minimum atomic E-state index is -3.96. The second kappa shape index (κ2) is 14.6. The van der Waals surface area contributed by atoms with Crippen LogP contribution in [0.4, 0.5) is 0 Å². The Balaban J connectivity index is 1.53. The second-order valence-electron chi connectivity index (χ2n) is 15.3. The molecule has 270 valence electrons. The van der Waals surface area contributed by atoms with Crippen molar-refractivity contribution < 1.29 is 37.0 Å². The number of rotatable bonds is 11. The van der Waals surface area contributed by atoms with E-state index in [0.717, 1.165) is 56.1 Å². The number of nitrogens with zero attached hydrogens (tertiary/aromatic N) is 1. The fourth-order valence-corrected chi connectivity index (χ4v) is 10.9. The molecule has 1 aromatic rings. The molecule has 0 bridgehead atoms. The molecule has 0 aliphatic heterocycles. The Morgan fingerprint density at radius 3 is 2.33 bits per heavy atom. The Hall–Kier alpha value is -3.21. The van der Waals surface area contributed by atoms with Gasteiger partial charge < -0.3 is 14.2 Å². The van der Waals surface area contributed by atoms with Gasteiger partial charge in [0.25, 0.3) is 10.0 Å². The SMILES string of the molecule is CCOC(=O)CCC[C@@H](C)[C@H]1CC[C@H]2[C@@H]3/C(=N\NS(=O)(=O)c4ccc(C)cc4)C=C4[C@@H](OC(C)=O)[C@@H](OC(C)=O)CC[C@]4(C)[C@H]3CC[C@]12C. The van der Waals surface area contributed by atoms with E-state index in [1.165, 1.54) is 13.8 Å². The van der Waals surface area contributed by atoms with Gasteiger partial charge in [-0.3, -0.25) is 14.4 Å². The Kier molecular flexibility index (Phi) is 11.0. The van der Waals surface area contributed by atoms with Gasteiger partial charge in [-0.05, 0) is 123 Å². The summed E-state index contributed by atoms with van der Waals surface area (Å²) in [6.07, 6.45) is 7.98. The molecule has 9 atom stereocenters. The highest BCUT2D eigenvalue weighted by atomic mass is 32.2. The van der Waals surface area contributed by atoms with E-state index in [-0.39, 0.29) is 39.4 Å². The monoisotopic (exact) mass is 698 g/mol. The molecule has 5 rings (SSSR count). The van der Waals surface area contributed by atoms with E-state index >= 15 is 0 Å². The van der Waals surface area contributed by atoms with Crippen LogP contribution in [-0.4, -0.2) is 50.9 Å². The van der Waals surface area contributed by atoms with Crippen molar-refractivity contribution in [1.82, 2.24) is 4.83 Å². The molecule has 3 fully saturated rings. The predicted octanol–water partition coefficient (Wildman–Crippen LogP) is 6.66.